The average molecular weight is 207 g/mol. The number of pyridine rings is 1. The molecule has 0 amide bonds. The number of nitrogens with zero attached hydrogens (tertiary/aromatic N) is 1. The van der Waals surface area contributed by atoms with Gasteiger partial charge < -0.3 is 15.8 Å². The molecule has 15 heavy (non-hydrogen) atoms. The first-order valence-corrected chi connectivity index (χ1v) is 5.34. The normalized spacial score (nSPS) is 20.5. The number of anilines is 2. The Morgan fingerprint density at radius 1 is 1.67 bits per heavy atom. The largest absolute Gasteiger partial charge is 0.396 e. The van der Waals surface area contributed by atoms with E-state index in [2.05, 4.69) is 10.3 Å². The summed E-state index contributed by atoms with van der Waals surface area (Å²) in [6.07, 6.45) is 4.36. The summed E-state index contributed by atoms with van der Waals surface area (Å²) in [6, 6.07) is 1.91. The molecule has 4 heteroatoms. The summed E-state index contributed by atoms with van der Waals surface area (Å²) >= 11 is 0. The Morgan fingerprint density at radius 2 is 2.53 bits per heavy atom. The molecule has 1 aliphatic heterocycles. The van der Waals surface area contributed by atoms with Crippen molar-refractivity contribution in [1.82, 2.24) is 4.98 Å². The first kappa shape index (κ1) is 10.2. The van der Waals surface area contributed by atoms with Crippen LogP contribution in [0.2, 0.25) is 0 Å². The third-order valence-electron chi connectivity index (χ3n) is 2.73. The van der Waals surface area contributed by atoms with Gasteiger partial charge in [0.05, 0.1) is 11.8 Å². The van der Waals surface area contributed by atoms with E-state index in [4.69, 9.17) is 10.5 Å². The fraction of sp³-hybridized carbons (Fsp3) is 0.545. The Morgan fingerprint density at radius 3 is 3.27 bits per heavy atom. The van der Waals surface area contributed by atoms with Crippen molar-refractivity contribution in [3.05, 3.63) is 17.8 Å². The van der Waals surface area contributed by atoms with Crippen molar-refractivity contribution in [1.29, 1.82) is 0 Å². The molecule has 0 aliphatic carbocycles. The molecule has 1 aromatic heterocycles. The molecule has 82 valence electrons. The predicted molar refractivity (Wildman–Crippen MR) is 60.9 cm³/mol. The lowest BCUT2D eigenvalue weighted by atomic mass is 10.2. The Hall–Kier alpha value is -1.29. The zero-order chi connectivity index (χ0) is 10.7. The second kappa shape index (κ2) is 4.49. The van der Waals surface area contributed by atoms with Crippen LogP contribution in [0, 0.1) is 6.92 Å². The Kier molecular flexibility index (Phi) is 3.06. The SMILES string of the molecule is Cc1ccnc(NCC2CCCO2)c1N. The number of nitrogens with two attached hydrogens (primary N) is 1. The summed E-state index contributed by atoms with van der Waals surface area (Å²) in [7, 11) is 0. The third-order valence-corrected chi connectivity index (χ3v) is 2.73. The van der Waals surface area contributed by atoms with E-state index in [1.54, 1.807) is 6.20 Å². The number of hydrogen-bond donors (Lipinski definition) is 2. The third kappa shape index (κ3) is 2.39. The molecule has 1 fully saturated rings. The first-order chi connectivity index (χ1) is 7.27. The Balaban J connectivity index is 1.95. The lowest BCUT2D eigenvalue weighted by Gasteiger charge is -2.13. The second-order valence-electron chi connectivity index (χ2n) is 3.91. The second-order valence-corrected chi connectivity index (χ2v) is 3.91. The van der Waals surface area contributed by atoms with Gasteiger partial charge in [-0.1, -0.05) is 0 Å². The zero-order valence-corrected chi connectivity index (χ0v) is 8.99. The van der Waals surface area contributed by atoms with Gasteiger partial charge in [0.25, 0.3) is 0 Å². The fourth-order valence-corrected chi connectivity index (χ4v) is 1.73. The van der Waals surface area contributed by atoms with Crippen LogP contribution in [0.5, 0.6) is 0 Å². The number of hydrogen-bond acceptors (Lipinski definition) is 4. The highest BCUT2D eigenvalue weighted by molar-refractivity contribution is 5.64. The molecule has 1 saturated heterocycles. The van der Waals surface area contributed by atoms with Gasteiger partial charge in [-0.3, -0.25) is 0 Å². The number of aryl methyl sites for hydroxylation is 1. The zero-order valence-electron chi connectivity index (χ0n) is 8.99. The molecule has 3 N–H and O–H groups in total. The topological polar surface area (TPSA) is 60.2 Å². The molecule has 1 aliphatic rings. The van der Waals surface area contributed by atoms with Gasteiger partial charge in [-0.15, -0.1) is 0 Å². The molecule has 0 spiro atoms. The molecular formula is C11H17N3O. The molecule has 0 aromatic carbocycles. The van der Waals surface area contributed by atoms with Gasteiger partial charge in [-0.2, -0.15) is 0 Å². The van der Waals surface area contributed by atoms with E-state index in [-0.39, 0.29) is 0 Å². The van der Waals surface area contributed by atoms with E-state index in [0.29, 0.717) is 6.10 Å². The van der Waals surface area contributed by atoms with Gasteiger partial charge in [0.1, 0.15) is 5.82 Å². The van der Waals surface area contributed by atoms with Crippen LogP contribution in [0.3, 0.4) is 0 Å². The maximum absolute atomic E-state index is 5.90. The molecule has 0 bridgehead atoms. The van der Waals surface area contributed by atoms with E-state index in [0.717, 1.165) is 43.1 Å². The van der Waals surface area contributed by atoms with Gasteiger partial charge in [-0.25, -0.2) is 4.98 Å². The average Bonchev–Trinajstić information content (AvgIpc) is 2.73. The van der Waals surface area contributed by atoms with Gasteiger partial charge in [-0.05, 0) is 31.4 Å². The molecule has 1 aromatic rings. The van der Waals surface area contributed by atoms with Crippen LogP contribution < -0.4 is 11.1 Å². The monoisotopic (exact) mass is 207 g/mol. The van der Waals surface area contributed by atoms with Crippen LogP contribution in [0.4, 0.5) is 11.5 Å². The molecule has 0 saturated carbocycles. The van der Waals surface area contributed by atoms with Gasteiger partial charge in [0.15, 0.2) is 0 Å². The number of nitrogens with one attached hydrogen (secondary N) is 1. The maximum Gasteiger partial charge on any atom is 0.149 e. The minimum Gasteiger partial charge on any atom is -0.396 e. The van der Waals surface area contributed by atoms with Crippen LogP contribution in [0.1, 0.15) is 18.4 Å². The fourth-order valence-electron chi connectivity index (χ4n) is 1.73. The van der Waals surface area contributed by atoms with Crippen molar-refractivity contribution in [3.63, 3.8) is 0 Å². The summed E-state index contributed by atoms with van der Waals surface area (Å²) in [4.78, 5) is 4.21. The minimum absolute atomic E-state index is 0.312. The number of ether oxygens (including phenoxy) is 1. The van der Waals surface area contributed by atoms with Crippen LogP contribution >= 0.6 is 0 Å². The summed E-state index contributed by atoms with van der Waals surface area (Å²) in [5.74, 6) is 0.769. The van der Waals surface area contributed by atoms with Gasteiger partial charge in [0.2, 0.25) is 0 Å². The van der Waals surface area contributed by atoms with Crippen LogP contribution in [-0.4, -0.2) is 24.2 Å². The highest BCUT2D eigenvalue weighted by Crippen LogP contribution is 2.19. The number of rotatable bonds is 3. The smallest absolute Gasteiger partial charge is 0.149 e. The van der Waals surface area contributed by atoms with E-state index < -0.39 is 0 Å². The summed E-state index contributed by atoms with van der Waals surface area (Å²) in [5, 5.41) is 3.23. The van der Waals surface area contributed by atoms with E-state index in [9.17, 15) is 0 Å². The van der Waals surface area contributed by atoms with Crippen molar-refractivity contribution in [2.24, 2.45) is 0 Å². The van der Waals surface area contributed by atoms with Crippen LogP contribution in [0.25, 0.3) is 0 Å². The summed E-state index contributed by atoms with van der Waals surface area (Å²) in [5.41, 5.74) is 7.69. The predicted octanol–water partition coefficient (Wildman–Crippen LogP) is 1.56. The number of nitrogen functional groups attached to an aromatic ring is 1. The van der Waals surface area contributed by atoms with Crippen molar-refractivity contribution < 1.29 is 4.74 Å². The van der Waals surface area contributed by atoms with E-state index in [1.807, 2.05) is 13.0 Å². The van der Waals surface area contributed by atoms with Crippen LogP contribution in [-0.2, 0) is 4.74 Å². The van der Waals surface area contributed by atoms with E-state index in [1.165, 1.54) is 0 Å². The molecule has 0 radical (unpaired) electrons. The highest BCUT2D eigenvalue weighted by Gasteiger charge is 2.15. The maximum atomic E-state index is 5.90. The van der Waals surface area contributed by atoms with Crippen molar-refractivity contribution in [3.8, 4) is 0 Å². The van der Waals surface area contributed by atoms with Crippen molar-refractivity contribution >= 4 is 11.5 Å². The highest BCUT2D eigenvalue weighted by atomic mass is 16.5. The Labute approximate surface area is 89.8 Å². The van der Waals surface area contributed by atoms with Gasteiger partial charge in [0, 0.05) is 19.3 Å². The van der Waals surface area contributed by atoms with Crippen molar-refractivity contribution in [2.75, 3.05) is 24.2 Å². The molecule has 4 nitrogen and oxygen atoms in total. The molecular weight excluding hydrogens is 190 g/mol. The van der Waals surface area contributed by atoms with E-state index >= 15 is 0 Å². The number of aromatic nitrogens is 1. The molecule has 2 rings (SSSR count). The standard InChI is InChI=1S/C11H17N3O/c1-8-4-5-13-11(10(8)12)14-7-9-3-2-6-15-9/h4-5,9H,2-3,6-7,12H2,1H3,(H,13,14). The lowest BCUT2D eigenvalue weighted by Crippen LogP contribution is -2.19. The van der Waals surface area contributed by atoms with Crippen LogP contribution in [0.15, 0.2) is 12.3 Å². The molecule has 1 unspecified atom stereocenters. The quantitative estimate of drug-likeness (QED) is 0.789. The molecule has 2 heterocycles. The van der Waals surface area contributed by atoms with Gasteiger partial charge >= 0.3 is 0 Å². The minimum atomic E-state index is 0.312. The Bertz CT molecular complexity index is 335. The summed E-state index contributed by atoms with van der Waals surface area (Å²) < 4.78 is 5.51. The van der Waals surface area contributed by atoms with Crippen molar-refractivity contribution in [2.45, 2.75) is 25.9 Å². The molecule has 1 atom stereocenters. The lowest BCUT2D eigenvalue weighted by molar-refractivity contribution is 0.120. The first-order valence-electron chi connectivity index (χ1n) is 5.34. The summed E-state index contributed by atoms with van der Waals surface area (Å²) in [6.45, 7) is 3.65.